The first-order chi connectivity index (χ1) is 12.9. The third kappa shape index (κ3) is 6.15. The number of fused-ring (bicyclic) bond motifs is 1. The third-order valence-corrected chi connectivity index (χ3v) is 5.43. The molecule has 1 saturated carbocycles. The lowest BCUT2D eigenvalue weighted by atomic mass is 9.86. The second kappa shape index (κ2) is 10.0. The first kappa shape index (κ1) is 23.1. The van der Waals surface area contributed by atoms with E-state index in [-0.39, 0.29) is 42.0 Å². The maximum Gasteiger partial charge on any atom is 0.389 e. The van der Waals surface area contributed by atoms with Crippen molar-refractivity contribution < 1.29 is 17.9 Å². The predicted molar refractivity (Wildman–Crippen MR) is 115 cm³/mol. The molecule has 28 heavy (non-hydrogen) atoms. The van der Waals surface area contributed by atoms with Gasteiger partial charge < -0.3 is 15.4 Å². The second-order valence-electron chi connectivity index (χ2n) is 7.50. The monoisotopic (exact) mass is 511 g/mol. The minimum absolute atomic E-state index is 0. The van der Waals surface area contributed by atoms with Crippen molar-refractivity contribution in [3.8, 4) is 5.75 Å². The van der Waals surface area contributed by atoms with Crippen LogP contribution in [0.2, 0.25) is 0 Å². The van der Waals surface area contributed by atoms with Gasteiger partial charge in [0.2, 0.25) is 0 Å². The molecule has 0 radical (unpaired) electrons. The van der Waals surface area contributed by atoms with E-state index in [1.807, 2.05) is 18.2 Å². The van der Waals surface area contributed by atoms with E-state index in [4.69, 9.17) is 4.74 Å². The number of aliphatic imine (C=N–C) groups is 1. The van der Waals surface area contributed by atoms with Crippen LogP contribution in [0.5, 0.6) is 5.75 Å². The fraction of sp³-hybridized carbons (Fsp3) is 0.650. The molecular formula is C20H29F3IN3O. The molecule has 1 aliphatic heterocycles. The van der Waals surface area contributed by atoms with E-state index < -0.39 is 12.6 Å². The number of hydrogen-bond donors (Lipinski definition) is 2. The zero-order valence-electron chi connectivity index (χ0n) is 16.1. The van der Waals surface area contributed by atoms with Crippen molar-refractivity contribution in [2.24, 2.45) is 4.99 Å². The van der Waals surface area contributed by atoms with Gasteiger partial charge in [0.25, 0.3) is 0 Å². The molecule has 2 aliphatic rings. The summed E-state index contributed by atoms with van der Waals surface area (Å²) >= 11 is 0. The molecule has 1 aromatic carbocycles. The summed E-state index contributed by atoms with van der Waals surface area (Å²) in [5.41, 5.74) is 0.993. The van der Waals surface area contributed by atoms with Gasteiger partial charge >= 0.3 is 6.18 Å². The Labute approximate surface area is 181 Å². The number of hydrogen-bond acceptors (Lipinski definition) is 2. The molecule has 158 valence electrons. The molecule has 0 saturated heterocycles. The van der Waals surface area contributed by atoms with Crippen LogP contribution in [-0.4, -0.2) is 31.3 Å². The number of halogens is 4. The van der Waals surface area contributed by atoms with Crippen LogP contribution in [0.4, 0.5) is 13.2 Å². The van der Waals surface area contributed by atoms with Gasteiger partial charge in [0.1, 0.15) is 11.4 Å². The van der Waals surface area contributed by atoms with Crippen LogP contribution in [-0.2, 0) is 0 Å². The van der Waals surface area contributed by atoms with Crippen molar-refractivity contribution in [3.63, 3.8) is 0 Å². The summed E-state index contributed by atoms with van der Waals surface area (Å²) in [6.07, 6.45) is 1.11. The summed E-state index contributed by atoms with van der Waals surface area (Å²) in [5, 5.41) is 6.60. The largest absolute Gasteiger partial charge is 0.487 e. The van der Waals surface area contributed by atoms with Crippen molar-refractivity contribution in [1.29, 1.82) is 0 Å². The smallest absolute Gasteiger partial charge is 0.389 e. The molecule has 1 fully saturated rings. The van der Waals surface area contributed by atoms with Gasteiger partial charge in [-0.1, -0.05) is 18.2 Å². The molecule has 1 atom stereocenters. The molecule has 0 amide bonds. The van der Waals surface area contributed by atoms with Crippen LogP contribution in [0, 0.1) is 0 Å². The lowest BCUT2D eigenvalue weighted by Crippen LogP contribution is -2.46. The molecule has 1 heterocycles. The zero-order valence-corrected chi connectivity index (χ0v) is 18.5. The highest BCUT2D eigenvalue weighted by atomic mass is 127. The van der Waals surface area contributed by atoms with Crippen LogP contribution in [0.15, 0.2) is 29.3 Å². The average molecular weight is 511 g/mol. The number of unbranched alkanes of at least 4 members (excludes halogenated alkanes) is 1. The normalized spacial score (nSPS) is 20.9. The lowest BCUT2D eigenvalue weighted by molar-refractivity contribution is -0.135. The predicted octanol–water partition coefficient (Wildman–Crippen LogP) is 5.34. The minimum atomic E-state index is -4.08. The summed E-state index contributed by atoms with van der Waals surface area (Å²) < 4.78 is 43.1. The number of para-hydroxylation sites is 1. The molecule has 0 bridgehead atoms. The number of alkyl halides is 3. The Hall–Kier alpha value is -1.19. The highest BCUT2D eigenvalue weighted by Gasteiger charge is 2.43. The molecule has 8 heteroatoms. The highest BCUT2D eigenvalue weighted by Crippen LogP contribution is 2.46. The van der Waals surface area contributed by atoms with Crippen molar-refractivity contribution >= 4 is 29.9 Å². The number of guanidine groups is 1. The molecule has 0 aromatic heterocycles. The number of ether oxygens (including phenoxy) is 1. The summed E-state index contributed by atoms with van der Waals surface area (Å²) in [6, 6.07) is 8.13. The van der Waals surface area contributed by atoms with E-state index in [1.54, 1.807) is 7.05 Å². The number of nitrogens with zero attached hydrogens (tertiary/aromatic N) is 1. The fourth-order valence-electron chi connectivity index (χ4n) is 4.09. The molecule has 1 spiro atoms. The maximum absolute atomic E-state index is 12.2. The summed E-state index contributed by atoms with van der Waals surface area (Å²) in [4.78, 5) is 4.25. The zero-order chi connectivity index (χ0) is 19.3. The van der Waals surface area contributed by atoms with Gasteiger partial charge in [0.05, 0.1) is 6.04 Å². The summed E-state index contributed by atoms with van der Waals surface area (Å²) in [7, 11) is 1.68. The molecular weight excluding hydrogens is 482 g/mol. The van der Waals surface area contributed by atoms with Gasteiger partial charge in [0, 0.05) is 32.0 Å². The first-order valence-electron chi connectivity index (χ1n) is 9.73. The molecule has 1 unspecified atom stereocenters. The fourth-order valence-corrected chi connectivity index (χ4v) is 4.09. The summed E-state index contributed by atoms with van der Waals surface area (Å²) in [6.45, 7) is 0.464. The minimum Gasteiger partial charge on any atom is -0.487 e. The van der Waals surface area contributed by atoms with E-state index >= 15 is 0 Å². The SMILES string of the molecule is CN=C(NCCCCC(F)(F)F)NC1CC2(CCCC2)Oc2ccccc21.I. The van der Waals surface area contributed by atoms with E-state index in [0.717, 1.165) is 30.6 Å². The van der Waals surface area contributed by atoms with E-state index in [9.17, 15) is 13.2 Å². The molecule has 3 rings (SSSR count). The van der Waals surface area contributed by atoms with Gasteiger partial charge in [-0.2, -0.15) is 13.2 Å². The Kier molecular flexibility index (Phi) is 8.27. The van der Waals surface area contributed by atoms with Gasteiger partial charge in [0.15, 0.2) is 5.96 Å². The Morgan fingerprint density at radius 2 is 1.93 bits per heavy atom. The first-order valence-corrected chi connectivity index (χ1v) is 9.73. The molecule has 2 N–H and O–H groups in total. The maximum atomic E-state index is 12.2. The number of benzene rings is 1. The average Bonchev–Trinajstić information content (AvgIpc) is 3.06. The van der Waals surface area contributed by atoms with E-state index in [2.05, 4.69) is 21.7 Å². The van der Waals surface area contributed by atoms with Crippen molar-refractivity contribution in [1.82, 2.24) is 10.6 Å². The standard InChI is InChI=1S/C20H28F3N3O.HI/c1-24-18(25-13-7-6-12-20(21,22)23)26-16-14-19(10-4-5-11-19)27-17-9-3-2-8-15(16)17;/h2-3,8-9,16H,4-7,10-14H2,1H3,(H2,24,25,26);1H. The Bertz CT molecular complexity index is 660. The van der Waals surface area contributed by atoms with Crippen LogP contribution < -0.4 is 15.4 Å². The van der Waals surface area contributed by atoms with Gasteiger partial charge in [-0.3, -0.25) is 4.99 Å². The van der Waals surface area contributed by atoms with E-state index in [0.29, 0.717) is 18.9 Å². The highest BCUT2D eigenvalue weighted by molar-refractivity contribution is 14.0. The molecule has 4 nitrogen and oxygen atoms in total. The topological polar surface area (TPSA) is 45.7 Å². The van der Waals surface area contributed by atoms with Crippen LogP contribution >= 0.6 is 24.0 Å². The van der Waals surface area contributed by atoms with Crippen LogP contribution in [0.25, 0.3) is 0 Å². The summed E-state index contributed by atoms with van der Waals surface area (Å²) in [5.74, 6) is 1.54. The van der Waals surface area contributed by atoms with Crippen LogP contribution in [0.3, 0.4) is 0 Å². The van der Waals surface area contributed by atoms with Gasteiger partial charge in [-0.15, -0.1) is 24.0 Å². The molecule has 1 aliphatic carbocycles. The lowest BCUT2D eigenvalue weighted by Gasteiger charge is -2.40. The van der Waals surface area contributed by atoms with Crippen molar-refractivity contribution in [2.45, 2.75) is 69.2 Å². The van der Waals surface area contributed by atoms with Crippen molar-refractivity contribution in [2.75, 3.05) is 13.6 Å². The Morgan fingerprint density at radius 1 is 1.21 bits per heavy atom. The second-order valence-corrected chi connectivity index (χ2v) is 7.50. The molecule has 1 aromatic rings. The Balaban J connectivity index is 0.00000280. The Morgan fingerprint density at radius 3 is 2.61 bits per heavy atom. The van der Waals surface area contributed by atoms with Gasteiger partial charge in [-0.25, -0.2) is 0 Å². The number of rotatable bonds is 5. The quantitative estimate of drug-likeness (QED) is 0.243. The van der Waals surface area contributed by atoms with E-state index in [1.165, 1.54) is 12.8 Å². The van der Waals surface area contributed by atoms with Crippen LogP contribution in [0.1, 0.15) is 63.0 Å². The van der Waals surface area contributed by atoms with Crippen molar-refractivity contribution in [3.05, 3.63) is 29.8 Å². The number of nitrogens with one attached hydrogen (secondary N) is 2. The third-order valence-electron chi connectivity index (χ3n) is 5.43. The van der Waals surface area contributed by atoms with Gasteiger partial charge in [-0.05, 0) is 44.6 Å².